The van der Waals surface area contributed by atoms with Gasteiger partial charge in [0.15, 0.2) is 0 Å². The molecule has 1 saturated carbocycles. The van der Waals surface area contributed by atoms with E-state index in [2.05, 4.69) is 15.4 Å². The molecule has 2 aromatic carbocycles. The third-order valence-corrected chi connectivity index (χ3v) is 8.05. The van der Waals surface area contributed by atoms with Crippen LogP contribution in [-0.4, -0.2) is 41.0 Å². The summed E-state index contributed by atoms with van der Waals surface area (Å²) >= 11 is 0. The third kappa shape index (κ3) is 6.13. The third-order valence-electron chi connectivity index (χ3n) is 8.05. The smallest absolute Gasteiger partial charge is 0.293 e. The predicted molar refractivity (Wildman–Crippen MR) is 150 cm³/mol. The maximum absolute atomic E-state index is 15.1. The highest BCUT2D eigenvalue weighted by molar-refractivity contribution is 5.77. The second kappa shape index (κ2) is 12.2. The molecule has 1 amide bonds. The molecule has 2 aliphatic carbocycles. The first kappa shape index (κ1) is 30.6. The number of pyridine rings is 1. The first-order valence-corrected chi connectivity index (χ1v) is 14.2. The Morgan fingerprint density at radius 2 is 1.80 bits per heavy atom. The second-order valence-electron chi connectivity index (χ2n) is 11.1. The molecule has 45 heavy (non-hydrogen) atoms. The van der Waals surface area contributed by atoms with Crippen molar-refractivity contribution in [3.63, 3.8) is 0 Å². The first-order valence-electron chi connectivity index (χ1n) is 14.2. The molecule has 4 aromatic rings. The topological polar surface area (TPSA) is 78.3 Å². The normalized spacial score (nSPS) is 18.4. The molecule has 236 valence electrons. The van der Waals surface area contributed by atoms with E-state index in [-0.39, 0.29) is 24.0 Å². The highest BCUT2D eigenvalue weighted by Gasteiger charge is 2.67. The van der Waals surface area contributed by atoms with E-state index >= 15 is 8.78 Å². The number of amides is 1. The largest absolute Gasteiger partial charge is 0.491 e. The summed E-state index contributed by atoms with van der Waals surface area (Å²) in [5.74, 6) is -7.07. The molecule has 0 radical (unpaired) electrons. The number of fused-ring (bicyclic) bond motifs is 3. The lowest BCUT2D eigenvalue weighted by Crippen LogP contribution is -2.35. The van der Waals surface area contributed by atoms with Gasteiger partial charge in [0.25, 0.3) is 12.3 Å². The quantitative estimate of drug-likeness (QED) is 0.143. The van der Waals surface area contributed by atoms with Gasteiger partial charge in [-0.1, -0.05) is 18.2 Å². The number of methoxy groups -OCH3 is 1. The Morgan fingerprint density at radius 1 is 1.07 bits per heavy atom. The van der Waals surface area contributed by atoms with Crippen LogP contribution < -0.4 is 10.1 Å². The average Bonchev–Trinajstić information content (AvgIpc) is 3.65. The molecular formula is C32H28F6N4O3. The zero-order valence-electron chi connectivity index (χ0n) is 24.0. The number of hydrogen-bond donors (Lipinski definition) is 1. The Morgan fingerprint density at radius 3 is 2.49 bits per heavy atom. The Kier molecular flexibility index (Phi) is 8.29. The van der Waals surface area contributed by atoms with Crippen LogP contribution in [0.15, 0.2) is 60.8 Å². The molecule has 7 nitrogen and oxygen atoms in total. The summed E-state index contributed by atoms with van der Waals surface area (Å²) in [5.41, 5.74) is 0.209. The molecule has 3 atom stereocenters. The summed E-state index contributed by atoms with van der Waals surface area (Å²) in [6.45, 7) is -0.0221. The maximum atomic E-state index is 15.1. The zero-order chi connectivity index (χ0) is 31.9. The molecule has 13 heteroatoms. The fourth-order valence-electron chi connectivity index (χ4n) is 6.05. The van der Waals surface area contributed by atoms with Gasteiger partial charge in [0.2, 0.25) is 5.91 Å². The van der Waals surface area contributed by atoms with Crippen LogP contribution in [-0.2, 0) is 28.4 Å². The van der Waals surface area contributed by atoms with E-state index in [0.29, 0.717) is 46.5 Å². The number of carbonyl (C=O) groups excluding carboxylic acids is 1. The molecule has 2 aliphatic rings. The highest BCUT2D eigenvalue weighted by atomic mass is 19.3. The van der Waals surface area contributed by atoms with Gasteiger partial charge in [-0.25, -0.2) is 17.6 Å². The molecule has 1 fully saturated rings. The lowest BCUT2D eigenvalue weighted by atomic mass is 9.95. The molecule has 0 aliphatic heterocycles. The fourth-order valence-corrected chi connectivity index (χ4v) is 6.05. The van der Waals surface area contributed by atoms with E-state index in [4.69, 9.17) is 9.47 Å². The maximum Gasteiger partial charge on any atom is 0.293 e. The SMILES string of the molecule is COCCOc1ccc(-c2cccnc2C(Cc2cc(F)cc(F)c2)NC(=O)Cn2nc(C(F)F)c3c2C(F)(F)C2CC32)cc1. The minimum absolute atomic E-state index is 0.0899. The summed E-state index contributed by atoms with van der Waals surface area (Å²) in [7, 11) is 1.56. The van der Waals surface area contributed by atoms with E-state index in [1.807, 2.05) is 0 Å². The summed E-state index contributed by atoms with van der Waals surface area (Å²) in [6.07, 6.45) is -1.63. The number of halogens is 6. The molecular weight excluding hydrogens is 602 g/mol. The van der Waals surface area contributed by atoms with Gasteiger partial charge in [-0.15, -0.1) is 0 Å². The van der Waals surface area contributed by atoms with Crippen LogP contribution in [0.25, 0.3) is 11.1 Å². The fraction of sp³-hybridized carbons (Fsp3) is 0.344. The van der Waals surface area contributed by atoms with E-state index in [0.717, 1.165) is 12.1 Å². The molecule has 6 rings (SSSR count). The van der Waals surface area contributed by atoms with Gasteiger partial charge in [0.05, 0.1) is 18.3 Å². The number of benzene rings is 2. The van der Waals surface area contributed by atoms with Crippen molar-refractivity contribution in [3.8, 4) is 16.9 Å². The zero-order valence-corrected chi connectivity index (χ0v) is 24.0. The van der Waals surface area contributed by atoms with Gasteiger partial charge < -0.3 is 14.8 Å². The van der Waals surface area contributed by atoms with Crippen molar-refractivity contribution in [2.75, 3.05) is 20.3 Å². The molecule has 2 heterocycles. The number of ether oxygens (including phenoxy) is 2. The summed E-state index contributed by atoms with van der Waals surface area (Å²) < 4.78 is 97.2. The lowest BCUT2D eigenvalue weighted by Gasteiger charge is -2.22. The predicted octanol–water partition coefficient (Wildman–Crippen LogP) is 6.50. The Balaban J connectivity index is 1.31. The Bertz CT molecular complexity index is 1690. The van der Waals surface area contributed by atoms with Crippen molar-refractivity contribution >= 4 is 5.91 Å². The van der Waals surface area contributed by atoms with Crippen molar-refractivity contribution in [3.05, 3.63) is 101 Å². The van der Waals surface area contributed by atoms with Gasteiger partial charge in [-0.3, -0.25) is 14.5 Å². The van der Waals surface area contributed by atoms with Crippen LogP contribution in [0.1, 0.15) is 53.0 Å². The number of nitrogens with zero attached hydrogens (tertiary/aromatic N) is 3. The van der Waals surface area contributed by atoms with Crippen LogP contribution in [0.4, 0.5) is 26.3 Å². The van der Waals surface area contributed by atoms with E-state index in [9.17, 15) is 22.4 Å². The van der Waals surface area contributed by atoms with Crippen LogP contribution in [0.3, 0.4) is 0 Å². The minimum atomic E-state index is -3.40. The van der Waals surface area contributed by atoms with Gasteiger partial charge in [0.1, 0.15) is 41.9 Å². The van der Waals surface area contributed by atoms with Crippen molar-refractivity contribution in [2.24, 2.45) is 5.92 Å². The molecule has 0 bridgehead atoms. The van der Waals surface area contributed by atoms with Gasteiger partial charge in [-0.2, -0.15) is 13.9 Å². The van der Waals surface area contributed by atoms with Crippen LogP contribution >= 0.6 is 0 Å². The number of rotatable bonds is 12. The van der Waals surface area contributed by atoms with Crippen molar-refractivity contribution < 1.29 is 40.6 Å². The number of nitrogens with one attached hydrogen (secondary N) is 1. The minimum Gasteiger partial charge on any atom is -0.491 e. The number of alkyl halides is 4. The van der Waals surface area contributed by atoms with Crippen molar-refractivity contribution in [2.45, 2.75) is 43.7 Å². The lowest BCUT2D eigenvalue weighted by molar-refractivity contribution is -0.123. The summed E-state index contributed by atoms with van der Waals surface area (Å²) in [6, 6.07) is 12.4. The van der Waals surface area contributed by atoms with E-state index < -0.39 is 65.7 Å². The first-order chi connectivity index (χ1) is 21.6. The number of carbonyl (C=O) groups is 1. The van der Waals surface area contributed by atoms with E-state index in [1.54, 1.807) is 43.5 Å². The second-order valence-corrected chi connectivity index (χ2v) is 11.1. The molecule has 0 spiro atoms. The molecule has 3 unspecified atom stereocenters. The van der Waals surface area contributed by atoms with Crippen molar-refractivity contribution in [1.29, 1.82) is 0 Å². The van der Waals surface area contributed by atoms with Gasteiger partial charge in [0, 0.05) is 36.4 Å². The standard InChI is InChI=1S/C32H28F6N4O3/c1-44-9-10-45-21-6-4-18(5-7-21)22-3-2-8-39-28(22)25(13-17-11-19(33)14-20(34)12-17)40-26(43)16-42-30-27(29(41-42)31(35)36)23-15-24(23)32(30,37)38/h2-8,11-12,14,23-25,31H,9-10,13,15-16H2,1H3,(H,40,43). The highest BCUT2D eigenvalue weighted by Crippen LogP contribution is 2.68. The Labute approximate surface area is 254 Å². The van der Waals surface area contributed by atoms with E-state index in [1.165, 1.54) is 6.20 Å². The van der Waals surface area contributed by atoms with Crippen molar-refractivity contribution in [1.82, 2.24) is 20.1 Å². The Hall–Kier alpha value is -4.39. The molecule has 1 N–H and O–H groups in total. The molecule has 0 saturated heterocycles. The molecule has 2 aromatic heterocycles. The van der Waals surface area contributed by atoms with Crippen LogP contribution in [0.2, 0.25) is 0 Å². The average molecular weight is 631 g/mol. The summed E-state index contributed by atoms with van der Waals surface area (Å²) in [5, 5.41) is 6.45. The number of hydrogen-bond acceptors (Lipinski definition) is 5. The van der Waals surface area contributed by atoms with Gasteiger partial charge >= 0.3 is 0 Å². The monoisotopic (exact) mass is 630 g/mol. The number of aromatic nitrogens is 3. The van der Waals surface area contributed by atoms with Gasteiger partial charge in [-0.05, 0) is 60.2 Å². The van der Waals surface area contributed by atoms with Crippen LogP contribution in [0, 0.1) is 17.6 Å². The summed E-state index contributed by atoms with van der Waals surface area (Å²) in [4.78, 5) is 17.9. The van der Waals surface area contributed by atoms with Crippen LogP contribution in [0.5, 0.6) is 5.75 Å².